The third-order valence-electron chi connectivity index (χ3n) is 1.73. The average molecular weight is 240 g/mol. The highest BCUT2D eigenvalue weighted by molar-refractivity contribution is 6.30. The van der Waals surface area contributed by atoms with Crippen molar-refractivity contribution in [3.05, 3.63) is 28.0 Å². The number of carboxylic acid groups (broad SMARTS) is 1. The summed E-state index contributed by atoms with van der Waals surface area (Å²) in [6.07, 6.45) is -4.71. The molecule has 0 unspecified atom stereocenters. The van der Waals surface area contributed by atoms with Gasteiger partial charge in [-0.3, -0.25) is 0 Å². The summed E-state index contributed by atoms with van der Waals surface area (Å²) in [7, 11) is 0. The Labute approximate surface area is 87.5 Å². The molecule has 1 heterocycles. The molecule has 15 heavy (non-hydrogen) atoms. The number of hydrogen-bond acceptors (Lipinski definition) is 2. The Morgan fingerprint density at radius 2 is 2.07 bits per heavy atom. The molecule has 0 saturated heterocycles. The Bertz CT molecular complexity index is 417. The molecule has 0 atom stereocenters. The minimum absolute atomic E-state index is 0.0113. The molecule has 1 aromatic heterocycles. The van der Waals surface area contributed by atoms with Crippen molar-refractivity contribution in [2.24, 2.45) is 0 Å². The van der Waals surface area contributed by atoms with E-state index in [4.69, 9.17) is 16.7 Å². The summed E-state index contributed by atoms with van der Waals surface area (Å²) in [5.74, 6) is -1.47. The van der Waals surface area contributed by atoms with Gasteiger partial charge in [-0.2, -0.15) is 13.2 Å². The van der Waals surface area contributed by atoms with Gasteiger partial charge in [-0.05, 0) is 13.0 Å². The Balaban J connectivity index is 3.43. The number of hydrogen-bond donors (Lipinski definition) is 1. The van der Waals surface area contributed by atoms with Crippen molar-refractivity contribution >= 4 is 17.6 Å². The normalized spacial score (nSPS) is 11.5. The fourth-order valence-electron chi connectivity index (χ4n) is 0.945. The lowest BCUT2D eigenvalue weighted by molar-refractivity contribution is -0.141. The molecule has 1 rings (SSSR count). The standard InChI is InChI=1S/C8H5ClF3NO2/c1-3-4(7(14)15)2-5(8(10,11)12)13-6(3)9/h2H,1H3,(H,14,15). The fraction of sp³-hybridized carbons (Fsp3) is 0.250. The zero-order valence-corrected chi connectivity index (χ0v) is 8.15. The molecule has 0 amide bonds. The monoisotopic (exact) mass is 239 g/mol. The number of nitrogens with zero attached hydrogens (tertiary/aromatic N) is 1. The molecule has 3 nitrogen and oxygen atoms in total. The van der Waals surface area contributed by atoms with Crippen LogP contribution in [-0.4, -0.2) is 16.1 Å². The Kier molecular flexibility index (Phi) is 2.90. The first-order valence-corrected chi connectivity index (χ1v) is 4.09. The molecule has 0 radical (unpaired) electrons. The van der Waals surface area contributed by atoms with E-state index in [1.165, 1.54) is 6.92 Å². The first kappa shape index (κ1) is 11.8. The molecule has 1 aromatic rings. The average Bonchev–Trinajstić information content (AvgIpc) is 2.06. The summed E-state index contributed by atoms with van der Waals surface area (Å²) < 4.78 is 36.7. The number of aromatic nitrogens is 1. The minimum atomic E-state index is -4.71. The minimum Gasteiger partial charge on any atom is -0.478 e. The molecule has 0 saturated carbocycles. The van der Waals surface area contributed by atoms with E-state index in [0.717, 1.165) is 0 Å². The van der Waals surface area contributed by atoms with Gasteiger partial charge in [-0.1, -0.05) is 11.6 Å². The lowest BCUT2D eigenvalue weighted by atomic mass is 10.1. The van der Waals surface area contributed by atoms with Crippen molar-refractivity contribution in [3.63, 3.8) is 0 Å². The van der Waals surface area contributed by atoms with Crippen molar-refractivity contribution in [2.45, 2.75) is 13.1 Å². The van der Waals surface area contributed by atoms with Crippen LogP contribution >= 0.6 is 11.6 Å². The van der Waals surface area contributed by atoms with Crippen LogP contribution < -0.4 is 0 Å². The SMILES string of the molecule is Cc1c(C(=O)O)cc(C(F)(F)F)nc1Cl. The van der Waals surface area contributed by atoms with E-state index in [0.29, 0.717) is 6.07 Å². The molecule has 0 aliphatic carbocycles. The van der Waals surface area contributed by atoms with Crippen LogP contribution in [0.15, 0.2) is 6.07 Å². The zero-order valence-electron chi connectivity index (χ0n) is 7.39. The number of aromatic carboxylic acids is 1. The quantitative estimate of drug-likeness (QED) is 0.767. The van der Waals surface area contributed by atoms with Crippen LogP contribution in [0, 0.1) is 6.92 Å². The predicted molar refractivity (Wildman–Crippen MR) is 45.9 cm³/mol. The molecule has 0 aromatic carbocycles. The maximum atomic E-state index is 12.2. The number of pyridine rings is 1. The largest absolute Gasteiger partial charge is 0.478 e. The van der Waals surface area contributed by atoms with Gasteiger partial charge in [-0.15, -0.1) is 0 Å². The number of carbonyl (C=O) groups is 1. The molecule has 0 fully saturated rings. The van der Waals surface area contributed by atoms with Crippen LogP contribution in [0.4, 0.5) is 13.2 Å². The van der Waals surface area contributed by atoms with Crippen LogP contribution in [0.2, 0.25) is 5.15 Å². The maximum Gasteiger partial charge on any atom is 0.433 e. The van der Waals surface area contributed by atoms with Gasteiger partial charge < -0.3 is 5.11 Å². The van der Waals surface area contributed by atoms with Crippen LogP contribution in [0.5, 0.6) is 0 Å². The van der Waals surface area contributed by atoms with Crippen LogP contribution in [0.1, 0.15) is 21.6 Å². The molecule has 7 heteroatoms. The molecule has 0 aliphatic rings. The summed E-state index contributed by atoms with van der Waals surface area (Å²) >= 11 is 5.39. The van der Waals surface area contributed by atoms with E-state index in [1.54, 1.807) is 0 Å². The predicted octanol–water partition coefficient (Wildman–Crippen LogP) is 2.76. The fourth-order valence-corrected chi connectivity index (χ4v) is 1.14. The Morgan fingerprint density at radius 3 is 2.47 bits per heavy atom. The second-order valence-electron chi connectivity index (χ2n) is 2.77. The summed E-state index contributed by atoms with van der Waals surface area (Å²) in [4.78, 5) is 13.7. The van der Waals surface area contributed by atoms with Crippen LogP contribution in [0.3, 0.4) is 0 Å². The second kappa shape index (κ2) is 3.69. The van der Waals surface area contributed by atoms with E-state index < -0.39 is 28.6 Å². The number of carboxylic acids is 1. The van der Waals surface area contributed by atoms with Crippen molar-refractivity contribution < 1.29 is 23.1 Å². The van der Waals surface area contributed by atoms with Gasteiger partial charge in [0.15, 0.2) is 0 Å². The summed E-state index contributed by atoms with van der Waals surface area (Å²) in [5, 5.41) is 8.17. The molecule has 0 spiro atoms. The summed E-state index contributed by atoms with van der Waals surface area (Å²) in [5.41, 5.74) is -1.80. The highest BCUT2D eigenvalue weighted by Crippen LogP contribution is 2.31. The lowest BCUT2D eigenvalue weighted by Gasteiger charge is -2.09. The molecular weight excluding hydrogens is 235 g/mol. The van der Waals surface area contributed by atoms with Gasteiger partial charge in [0, 0.05) is 5.56 Å². The van der Waals surface area contributed by atoms with Gasteiger partial charge in [0.1, 0.15) is 10.8 Å². The van der Waals surface area contributed by atoms with Crippen molar-refractivity contribution in [3.8, 4) is 0 Å². The van der Waals surface area contributed by atoms with Gasteiger partial charge >= 0.3 is 12.1 Å². The van der Waals surface area contributed by atoms with Crippen molar-refractivity contribution in [2.75, 3.05) is 0 Å². The molecule has 82 valence electrons. The Hall–Kier alpha value is -1.30. The van der Waals surface area contributed by atoms with Gasteiger partial charge in [0.25, 0.3) is 0 Å². The van der Waals surface area contributed by atoms with E-state index in [2.05, 4.69) is 4.98 Å². The van der Waals surface area contributed by atoms with E-state index in [1.807, 2.05) is 0 Å². The van der Waals surface area contributed by atoms with Crippen LogP contribution in [0.25, 0.3) is 0 Å². The van der Waals surface area contributed by atoms with Crippen LogP contribution in [-0.2, 0) is 6.18 Å². The zero-order chi connectivity index (χ0) is 11.8. The highest BCUT2D eigenvalue weighted by atomic mass is 35.5. The van der Waals surface area contributed by atoms with E-state index in [-0.39, 0.29) is 5.56 Å². The summed E-state index contributed by atoms with van der Waals surface area (Å²) in [6, 6.07) is 0.462. The number of halogens is 4. The first-order chi connectivity index (χ1) is 6.73. The third kappa shape index (κ3) is 2.38. The van der Waals surface area contributed by atoms with Gasteiger partial charge in [0.2, 0.25) is 0 Å². The number of rotatable bonds is 1. The van der Waals surface area contributed by atoms with Crippen molar-refractivity contribution in [1.82, 2.24) is 4.98 Å². The smallest absolute Gasteiger partial charge is 0.433 e. The maximum absolute atomic E-state index is 12.2. The van der Waals surface area contributed by atoms with E-state index >= 15 is 0 Å². The van der Waals surface area contributed by atoms with Crippen molar-refractivity contribution in [1.29, 1.82) is 0 Å². The first-order valence-electron chi connectivity index (χ1n) is 3.71. The summed E-state index contributed by atoms with van der Waals surface area (Å²) in [6.45, 7) is 1.29. The van der Waals surface area contributed by atoms with E-state index in [9.17, 15) is 18.0 Å². The highest BCUT2D eigenvalue weighted by Gasteiger charge is 2.34. The molecule has 1 N–H and O–H groups in total. The third-order valence-corrected chi connectivity index (χ3v) is 2.10. The molecular formula is C8H5ClF3NO2. The topological polar surface area (TPSA) is 50.2 Å². The second-order valence-corrected chi connectivity index (χ2v) is 3.13. The molecule has 0 aliphatic heterocycles. The molecule has 0 bridgehead atoms. The number of alkyl halides is 3. The lowest BCUT2D eigenvalue weighted by Crippen LogP contribution is -2.12. The van der Waals surface area contributed by atoms with Gasteiger partial charge in [-0.25, -0.2) is 9.78 Å². The van der Waals surface area contributed by atoms with Gasteiger partial charge in [0.05, 0.1) is 5.56 Å². The Morgan fingerprint density at radius 1 is 1.53 bits per heavy atom.